The van der Waals surface area contributed by atoms with E-state index in [0.29, 0.717) is 29.9 Å². The van der Waals surface area contributed by atoms with Crippen molar-refractivity contribution in [3.05, 3.63) is 41.1 Å². The molecule has 0 saturated heterocycles. The molecule has 1 aliphatic heterocycles. The van der Waals surface area contributed by atoms with Gasteiger partial charge in [-0.3, -0.25) is 4.79 Å². The van der Waals surface area contributed by atoms with Gasteiger partial charge in [0, 0.05) is 11.7 Å². The Hall–Kier alpha value is -2.63. The Bertz CT molecular complexity index is 798. The second-order valence-corrected chi connectivity index (χ2v) is 6.87. The number of aromatic nitrogens is 2. The minimum Gasteiger partial charge on any atom is -0.351 e. The van der Waals surface area contributed by atoms with Gasteiger partial charge in [-0.15, -0.1) is 0 Å². The number of nitrogens with zero attached hydrogens (tertiary/aromatic N) is 2. The lowest BCUT2D eigenvalue weighted by molar-refractivity contribution is 0.0966. The fourth-order valence-corrected chi connectivity index (χ4v) is 3.57. The predicted molar refractivity (Wildman–Crippen MR) is 98.2 cm³/mol. The molecule has 3 N–H and O–H groups in total. The number of rotatable bonds is 4. The Balaban J connectivity index is 1.65. The van der Waals surface area contributed by atoms with Gasteiger partial charge in [-0.1, -0.05) is 31.4 Å². The Labute approximate surface area is 147 Å². The van der Waals surface area contributed by atoms with E-state index in [1.54, 1.807) is 0 Å². The molecule has 2 aliphatic rings. The number of hydrogen-bond acceptors (Lipinski definition) is 5. The van der Waals surface area contributed by atoms with E-state index in [9.17, 15) is 4.79 Å². The number of amides is 1. The molecule has 1 aliphatic carbocycles. The first-order chi connectivity index (χ1) is 12.2. The summed E-state index contributed by atoms with van der Waals surface area (Å²) in [5.41, 5.74) is 3.38. The van der Waals surface area contributed by atoms with Crippen molar-refractivity contribution < 1.29 is 4.79 Å². The molecule has 0 radical (unpaired) electrons. The van der Waals surface area contributed by atoms with Crippen molar-refractivity contribution in [3.8, 4) is 0 Å². The number of nitrogens with one attached hydrogen (secondary N) is 3. The van der Waals surface area contributed by atoms with Crippen LogP contribution in [0.15, 0.2) is 24.3 Å². The third kappa shape index (κ3) is 3.43. The Kier molecular flexibility index (Phi) is 4.26. The van der Waals surface area contributed by atoms with Crippen molar-refractivity contribution in [2.75, 3.05) is 10.6 Å². The summed E-state index contributed by atoms with van der Waals surface area (Å²) in [4.78, 5) is 21.4. The topological polar surface area (TPSA) is 78.9 Å². The molecule has 0 atom stereocenters. The molecule has 2 aromatic rings. The molecule has 0 unspecified atom stereocenters. The molecule has 25 heavy (non-hydrogen) atoms. The Morgan fingerprint density at radius 2 is 2.00 bits per heavy atom. The third-order valence-electron chi connectivity index (χ3n) is 4.85. The molecule has 6 nitrogen and oxygen atoms in total. The molecule has 0 bridgehead atoms. The van der Waals surface area contributed by atoms with Crippen LogP contribution < -0.4 is 16.0 Å². The first-order valence-electron chi connectivity index (χ1n) is 8.98. The summed E-state index contributed by atoms with van der Waals surface area (Å²) in [6.45, 7) is 2.50. The Morgan fingerprint density at radius 3 is 2.80 bits per heavy atom. The zero-order chi connectivity index (χ0) is 17.2. The van der Waals surface area contributed by atoms with Gasteiger partial charge in [0.05, 0.1) is 12.2 Å². The lowest BCUT2D eigenvalue weighted by Gasteiger charge is -2.23. The van der Waals surface area contributed by atoms with E-state index in [2.05, 4.69) is 25.9 Å². The van der Waals surface area contributed by atoms with Gasteiger partial charge in [0.15, 0.2) is 0 Å². The van der Waals surface area contributed by atoms with Gasteiger partial charge < -0.3 is 16.0 Å². The largest absolute Gasteiger partial charge is 0.351 e. The second-order valence-electron chi connectivity index (χ2n) is 6.87. The normalized spacial score (nSPS) is 17.1. The van der Waals surface area contributed by atoms with Crippen molar-refractivity contribution in [1.82, 2.24) is 15.3 Å². The molecule has 1 aromatic carbocycles. The summed E-state index contributed by atoms with van der Waals surface area (Å²) in [6, 6.07) is 8.46. The lowest BCUT2D eigenvalue weighted by Crippen LogP contribution is -2.24. The monoisotopic (exact) mass is 337 g/mol. The van der Waals surface area contributed by atoms with Crippen LogP contribution in [0.4, 0.5) is 17.5 Å². The van der Waals surface area contributed by atoms with Crippen molar-refractivity contribution in [3.63, 3.8) is 0 Å². The van der Waals surface area contributed by atoms with Crippen molar-refractivity contribution in [2.45, 2.75) is 51.6 Å². The van der Waals surface area contributed by atoms with Gasteiger partial charge in [0.25, 0.3) is 5.91 Å². The van der Waals surface area contributed by atoms with Crippen molar-refractivity contribution >= 4 is 23.4 Å². The maximum atomic E-state index is 12.2. The fraction of sp³-hybridized carbons (Fsp3) is 0.421. The average molecular weight is 337 g/mol. The maximum Gasteiger partial charge on any atom is 0.257 e. The molecule has 2 heterocycles. The Morgan fingerprint density at radius 1 is 1.16 bits per heavy atom. The van der Waals surface area contributed by atoms with Gasteiger partial charge in [0.1, 0.15) is 11.4 Å². The van der Waals surface area contributed by atoms with E-state index >= 15 is 0 Å². The molecule has 1 saturated carbocycles. The number of carbonyl (C=O) groups is 1. The summed E-state index contributed by atoms with van der Waals surface area (Å²) in [5, 5.41) is 9.61. The van der Waals surface area contributed by atoms with Gasteiger partial charge in [-0.25, -0.2) is 4.98 Å². The first kappa shape index (κ1) is 15.9. The highest BCUT2D eigenvalue weighted by molar-refractivity contribution is 6.02. The van der Waals surface area contributed by atoms with E-state index in [4.69, 9.17) is 0 Å². The molecule has 130 valence electrons. The number of benzene rings is 1. The summed E-state index contributed by atoms with van der Waals surface area (Å²) in [7, 11) is 0. The molecule has 4 rings (SSSR count). The molecule has 6 heteroatoms. The smallest absolute Gasteiger partial charge is 0.257 e. The number of anilines is 3. The van der Waals surface area contributed by atoms with Crippen LogP contribution in [0, 0.1) is 6.92 Å². The number of aryl methyl sites for hydroxylation is 1. The van der Waals surface area contributed by atoms with E-state index in [0.717, 1.165) is 29.8 Å². The minimum atomic E-state index is -0.116. The van der Waals surface area contributed by atoms with Gasteiger partial charge in [-0.2, -0.15) is 4.98 Å². The molecular formula is C19H23N5O. The standard InChI is InChI=1S/C19H23N5O/c1-12-6-5-9-14(10-12)21-17-16-15(11-20-18(16)25)23-19(24-17)22-13-7-3-2-4-8-13/h5-6,9-10,13H,2-4,7-8,11H2,1H3,(H,20,25)(H2,21,22,23,24). The molecule has 1 amide bonds. The van der Waals surface area contributed by atoms with Crippen molar-refractivity contribution in [1.29, 1.82) is 0 Å². The molecule has 0 spiro atoms. The van der Waals surface area contributed by atoms with E-state index in [-0.39, 0.29) is 5.91 Å². The predicted octanol–water partition coefficient (Wildman–Crippen LogP) is 3.52. The zero-order valence-electron chi connectivity index (χ0n) is 14.4. The second kappa shape index (κ2) is 6.70. The maximum absolute atomic E-state index is 12.2. The number of fused-ring (bicyclic) bond motifs is 1. The quantitative estimate of drug-likeness (QED) is 0.795. The highest BCUT2D eigenvalue weighted by Gasteiger charge is 2.27. The van der Waals surface area contributed by atoms with Crippen molar-refractivity contribution in [2.24, 2.45) is 0 Å². The summed E-state index contributed by atoms with van der Waals surface area (Å²) >= 11 is 0. The van der Waals surface area contributed by atoms with Gasteiger partial charge in [-0.05, 0) is 37.5 Å². The highest BCUT2D eigenvalue weighted by atomic mass is 16.2. The van der Waals surface area contributed by atoms with Crippen LogP contribution in [0.3, 0.4) is 0 Å². The minimum absolute atomic E-state index is 0.116. The van der Waals surface area contributed by atoms with E-state index in [1.165, 1.54) is 19.3 Å². The summed E-state index contributed by atoms with van der Waals surface area (Å²) in [6.07, 6.45) is 6.10. The van der Waals surface area contributed by atoms with Crippen LogP contribution in [0.2, 0.25) is 0 Å². The lowest BCUT2D eigenvalue weighted by atomic mass is 9.96. The van der Waals surface area contributed by atoms with Crippen LogP contribution in [0.1, 0.15) is 53.7 Å². The third-order valence-corrected chi connectivity index (χ3v) is 4.85. The van der Waals surface area contributed by atoms with E-state index in [1.807, 2.05) is 31.2 Å². The van der Waals surface area contributed by atoms with Crippen LogP contribution in [0.25, 0.3) is 0 Å². The average Bonchev–Trinajstić information content (AvgIpc) is 2.97. The summed E-state index contributed by atoms with van der Waals surface area (Å²) in [5.74, 6) is 1.07. The SMILES string of the molecule is Cc1cccc(Nc2nc(NC3CCCCC3)nc3c2C(=O)NC3)c1. The van der Waals surface area contributed by atoms with Gasteiger partial charge in [0.2, 0.25) is 5.95 Å². The number of carbonyl (C=O) groups excluding carboxylic acids is 1. The highest BCUT2D eigenvalue weighted by Crippen LogP contribution is 2.27. The molecule has 1 aromatic heterocycles. The molecular weight excluding hydrogens is 314 g/mol. The number of hydrogen-bond donors (Lipinski definition) is 3. The summed E-state index contributed by atoms with van der Waals surface area (Å²) < 4.78 is 0. The van der Waals surface area contributed by atoms with Gasteiger partial charge >= 0.3 is 0 Å². The van der Waals surface area contributed by atoms with Crippen LogP contribution in [-0.4, -0.2) is 21.9 Å². The zero-order valence-corrected chi connectivity index (χ0v) is 14.4. The van der Waals surface area contributed by atoms with Crippen LogP contribution in [0.5, 0.6) is 0 Å². The fourth-order valence-electron chi connectivity index (χ4n) is 3.57. The van der Waals surface area contributed by atoms with E-state index < -0.39 is 0 Å². The first-order valence-corrected chi connectivity index (χ1v) is 8.98. The molecule has 1 fully saturated rings. The van der Waals surface area contributed by atoms with Crippen LogP contribution >= 0.6 is 0 Å². The van der Waals surface area contributed by atoms with Crippen LogP contribution in [-0.2, 0) is 6.54 Å².